The third kappa shape index (κ3) is 3.91. The van der Waals surface area contributed by atoms with Gasteiger partial charge >= 0.3 is 0 Å². The van der Waals surface area contributed by atoms with E-state index in [1.165, 1.54) is 4.31 Å². The highest BCUT2D eigenvalue weighted by Crippen LogP contribution is 2.26. The molecule has 6 heteroatoms. The van der Waals surface area contributed by atoms with Gasteiger partial charge in [0, 0.05) is 26.7 Å². The Hall–Kier alpha value is -0.170. The molecular weight excluding hydrogens is 250 g/mol. The van der Waals surface area contributed by atoms with E-state index in [2.05, 4.69) is 19.2 Å². The molecular formula is C12H27N3O2S. The third-order valence-corrected chi connectivity index (χ3v) is 5.70. The lowest BCUT2D eigenvalue weighted by molar-refractivity contribution is 0.361. The molecule has 1 aliphatic rings. The molecule has 0 radical (unpaired) electrons. The van der Waals surface area contributed by atoms with E-state index in [0.29, 0.717) is 31.5 Å². The van der Waals surface area contributed by atoms with Gasteiger partial charge in [0.15, 0.2) is 0 Å². The summed E-state index contributed by atoms with van der Waals surface area (Å²) in [5.41, 5.74) is 0. The summed E-state index contributed by atoms with van der Waals surface area (Å²) in [6.45, 7) is 7.09. The average molecular weight is 277 g/mol. The van der Waals surface area contributed by atoms with Crippen LogP contribution in [0.4, 0.5) is 0 Å². The van der Waals surface area contributed by atoms with Crippen LogP contribution in [0.15, 0.2) is 0 Å². The van der Waals surface area contributed by atoms with Crippen molar-refractivity contribution >= 4 is 10.2 Å². The Labute approximate surface area is 112 Å². The van der Waals surface area contributed by atoms with Crippen LogP contribution in [0.25, 0.3) is 0 Å². The van der Waals surface area contributed by atoms with E-state index < -0.39 is 10.2 Å². The summed E-state index contributed by atoms with van der Waals surface area (Å²) >= 11 is 0. The van der Waals surface area contributed by atoms with E-state index in [0.717, 1.165) is 19.4 Å². The Bertz CT molecular complexity index is 343. The van der Waals surface area contributed by atoms with Gasteiger partial charge < -0.3 is 5.32 Å². The normalized spacial score (nSPS) is 22.2. The summed E-state index contributed by atoms with van der Waals surface area (Å²) in [5.74, 6) is 1.06. The molecule has 0 aromatic rings. The highest BCUT2D eigenvalue weighted by molar-refractivity contribution is 7.86. The molecule has 1 N–H and O–H groups in total. The van der Waals surface area contributed by atoms with Crippen molar-refractivity contribution in [2.45, 2.75) is 26.7 Å². The number of hydrogen-bond acceptors (Lipinski definition) is 3. The fourth-order valence-corrected chi connectivity index (χ4v) is 3.77. The van der Waals surface area contributed by atoms with E-state index in [1.807, 2.05) is 7.05 Å². The van der Waals surface area contributed by atoms with Crippen molar-refractivity contribution in [3.63, 3.8) is 0 Å². The molecule has 0 aliphatic carbocycles. The van der Waals surface area contributed by atoms with Crippen LogP contribution in [0, 0.1) is 11.8 Å². The Morgan fingerprint density at radius 3 is 2.61 bits per heavy atom. The molecule has 1 heterocycles. The second kappa shape index (κ2) is 6.84. The Kier molecular flexibility index (Phi) is 6.04. The number of nitrogens with one attached hydrogen (secondary N) is 1. The molecule has 1 fully saturated rings. The smallest absolute Gasteiger partial charge is 0.281 e. The van der Waals surface area contributed by atoms with Crippen LogP contribution in [-0.2, 0) is 10.2 Å². The highest BCUT2D eigenvalue weighted by atomic mass is 32.2. The monoisotopic (exact) mass is 277 g/mol. The van der Waals surface area contributed by atoms with Crippen molar-refractivity contribution < 1.29 is 8.42 Å². The molecule has 0 aromatic heterocycles. The van der Waals surface area contributed by atoms with Gasteiger partial charge in [0.25, 0.3) is 10.2 Å². The molecule has 5 nitrogen and oxygen atoms in total. The van der Waals surface area contributed by atoms with Gasteiger partial charge in [0.05, 0.1) is 0 Å². The summed E-state index contributed by atoms with van der Waals surface area (Å²) in [6.07, 6.45) is 1.83. The van der Waals surface area contributed by atoms with Gasteiger partial charge in [-0.25, -0.2) is 0 Å². The van der Waals surface area contributed by atoms with Gasteiger partial charge in [-0.3, -0.25) is 0 Å². The van der Waals surface area contributed by atoms with Crippen LogP contribution in [0.5, 0.6) is 0 Å². The molecule has 18 heavy (non-hydrogen) atoms. The fourth-order valence-electron chi connectivity index (χ4n) is 2.30. The largest absolute Gasteiger partial charge is 0.320 e. The molecule has 1 atom stereocenters. The number of rotatable bonds is 7. The van der Waals surface area contributed by atoms with Gasteiger partial charge in [0.1, 0.15) is 0 Å². The molecule has 1 aliphatic heterocycles. The minimum atomic E-state index is -3.25. The summed E-state index contributed by atoms with van der Waals surface area (Å²) in [6, 6.07) is 0. The van der Waals surface area contributed by atoms with Crippen molar-refractivity contribution in [3.05, 3.63) is 0 Å². The standard InChI is InChI=1S/C12H27N3O2S/c1-11(2)12-6-9-15(10-12)18(16,17)14(4)8-5-7-13-3/h11-13H,5-10H2,1-4H3. The quantitative estimate of drug-likeness (QED) is 0.699. The van der Waals surface area contributed by atoms with Gasteiger partial charge in [-0.15, -0.1) is 0 Å². The van der Waals surface area contributed by atoms with E-state index in [4.69, 9.17) is 0 Å². The zero-order valence-electron chi connectivity index (χ0n) is 12.0. The van der Waals surface area contributed by atoms with Gasteiger partial charge in [-0.1, -0.05) is 13.8 Å². The lowest BCUT2D eigenvalue weighted by atomic mass is 9.96. The summed E-state index contributed by atoms with van der Waals surface area (Å²) in [4.78, 5) is 0. The first kappa shape index (κ1) is 15.9. The van der Waals surface area contributed by atoms with E-state index in [9.17, 15) is 8.42 Å². The van der Waals surface area contributed by atoms with Gasteiger partial charge in [0.2, 0.25) is 0 Å². The van der Waals surface area contributed by atoms with Crippen LogP contribution in [0.2, 0.25) is 0 Å². The Balaban J connectivity index is 2.53. The van der Waals surface area contributed by atoms with Crippen LogP contribution < -0.4 is 5.32 Å². The molecule has 0 amide bonds. The molecule has 0 spiro atoms. The first-order valence-corrected chi connectivity index (χ1v) is 8.15. The van der Waals surface area contributed by atoms with Crippen molar-refractivity contribution in [3.8, 4) is 0 Å². The highest BCUT2D eigenvalue weighted by Gasteiger charge is 2.34. The predicted molar refractivity (Wildman–Crippen MR) is 74.6 cm³/mol. The van der Waals surface area contributed by atoms with E-state index in [-0.39, 0.29) is 0 Å². The first-order chi connectivity index (χ1) is 8.39. The van der Waals surface area contributed by atoms with Gasteiger partial charge in [-0.05, 0) is 38.3 Å². The lowest BCUT2D eigenvalue weighted by Gasteiger charge is -2.24. The molecule has 1 saturated heterocycles. The minimum absolute atomic E-state index is 0.505. The van der Waals surface area contributed by atoms with Crippen LogP contribution in [-0.4, -0.2) is 57.3 Å². The number of hydrogen-bond donors (Lipinski definition) is 1. The van der Waals surface area contributed by atoms with Crippen molar-refractivity contribution in [2.75, 3.05) is 40.3 Å². The lowest BCUT2D eigenvalue weighted by Crippen LogP contribution is -2.41. The molecule has 108 valence electrons. The predicted octanol–water partition coefficient (Wildman–Crippen LogP) is 0.750. The molecule has 0 aromatic carbocycles. The van der Waals surface area contributed by atoms with E-state index in [1.54, 1.807) is 11.4 Å². The summed E-state index contributed by atoms with van der Waals surface area (Å²) in [5, 5.41) is 3.03. The summed E-state index contributed by atoms with van der Waals surface area (Å²) in [7, 11) is 0.305. The first-order valence-electron chi connectivity index (χ1n) is 6.75. The zero-order valence-corrected chi connectivity index (χ0v) is 12.8. The van der Waals surface area contributed by atoms with Crippen molar-refractivity contribution in [1.29, 1.82) is 0 Å². The molecule has 0 bridgehead atoms. The summed E-state index contributed by atoms with van der Waals surface area (Å²) < 4.78 is 27.8. The van der Waals surface area contributed by atoms with E-state index >= 15 is 0 Å². The van der Waals surface area contributed by atoms with Crippen LogP contribution in [0.1, 0.15) is 26.7 Å². The third-order valence-electron chi connectivity index (χ3n) is 3.75. The van der Waals surface area contributed by atoms with Crippen molar-refractivity contribution in [2.24, 2.45) is 11.8 Å². The molecule has 1 rings (SSSR count). The average Bonchev–Trinajstić information content (AvgIpc) is 2.79. The second-order valence-electron chi connectivity index (χ2n) is 5.44. The van der Waals surface area contributed by atoms with Crippen LogP contribution >= 0.6 is 0 Å². The molecule has 1 unspecified atom stereocenters. The second-order valence-corrected chi connectivity index (χ2v) is 7.47. The maximum absolute atomic E-state index is 12.3. The fraction of sp³-hybridized carbons (Fsp3) is 1.00. The van der Waals surface area contributed by atoms with Gasteiger partial charge in [-0.2, -0.15) is 17.0 Å². The minimum Gasteiger partial charge on any atom is -0.320 e. The zero-order chi connectivity index (χ0) is 13.8. The number of nitrogens with zero attached hydrogens (tertiary/aromatic N) is 2. The van der Waals surface area contributed by atoms with Crippen molar-refractivity contribution in [1.82, 2.24) is 13.9 Å². The Morgan fingerprint density at radius 2 is 2.11 bits per heavy atom. The topological polar surface area (TPSA) is 52.7 Å². The molecule has 0 saturated carbocycles. The SMILES string of the molecule is CNCCCN(C)S(=O)(=O)N1CCC(C(C)C)C1. The maximum Gasteiger partial charge on any atom is 0.281 e. The maximum atomic E-state index is 12.3. The van der Waals surface area contributed by atoms with Crippen LogP contribution in [0.3, 0.4) is 0 Å². The Morgan fingerprint density at radius 1 is 1.44 bits per heavy atom.